The SMILES string of the molecule is Cn1nnnc1SCC1=C(C(=O)O)N2C(=O)C(NC(=O)Cn3c(=O)oc4ccc(Cl)cc43)[C@H]2SC1. The van der Waals surface area contributed by atoms with Gasteiger partial charge in [-0.2, -0.15) is 0 Å². The van der Waals surface area contributed by atoms with E-state index in [0.29, 0.717) is 27.0 Å². The lowest BCUT2D eigenvalue weighted by atomic mass is 10.0. The summed E-state index contributed by atoms with van der Waals surface area (Å²) in [6, 6.07) is 3.67. The number of nitrogens with zero attached hydrogens (tertiary/aromatic N) is 6. The molecule has 35 heavy (non-hydrogen) atoms. The summed E-state index contributed by atoms with van der Waals surface area (Å²) in [5.41, 5.74) is 1.08. The number of hydrogen-bond donors (Lipinski definition) is 2. The molecule has 2 atom stereocenters. The highest BCUT2D eigenvalue weighted by Gasteiger charge is 2.54. The van der Waals surface area contributed by atoms with Crippen molar-refractivity contribution in [2.75, 3.05) is 11.5 Å². The van der Waals surface area contributed by atoms with Gasteiger partial charge in [0.25, 0.3) is 5.91 Å². The van der Waals surface area contributed by atoms with Gasteiger partial charge in [-0.15, -0.1) is 16.9 Å². The summed E-state index contributed by atoms with van der Waals surface area (Å²) < 4.78 is 7.70. The Hall–Kier alpha value is -3.30. The second-order valence-corrected chi connectivity index (χ2v) is 10.1. The number of tetrazole rings is 1. The molecule has 2 N–H and O–H groups in total. The lowest BCUT2D eigenvalue weighted by Crippen LogP contribution is -2.70. The third-order valence-corrected chi connectivity index (χ3v) is 8.13. The van der Waals surface area contributed by atoms with Crippen molar-refractivity contribution in [2.45, 2.75) is 23.1 Å². The fourth-order valence-electron chi connectivity index (χ4n) is 3.84. The van der Waals surface area contributed by atoms with Crippen LogP contribution in [0.2, 0.25) is 5.02 Å². The molecule has 2 aromatic heterocycles. The van der Waals surface area contributed by atoms with Crippen LogP contribution in [0.25, 0.3) is 11.1 Å². The van der Waals surface area contributed by atoms with Gasteiger partial charge >= 0.3 is 11.7 Å². The van der Waals surface area contributed by atoms with Gasteiger partial charge in [-0.05, 0) is 34.2 Å². The minimum absolute atomic E-state index is 0.0985. The second-order valence-electron chi connectivity index (χ2n) is 7.65. The van der Waals surface area contributed by atoms with Crippen LogP contribution >= 0.6 is 35.1 Å². The Morgan fingerprint density at radius 1 is 1.37 bits per heavy atom. The number of β-lactam (4-membered cyclic amide) rings is 1. The normalized spacial score (nSPS) is 19.6. The van der Waals surface area contributed by atoms with Crippen molar-refractivity contribution in [1.29, 1.82) is 0 Å². The molecule has 1 fully saturated rings. The highest BCUT2D eigenvalue weighted by molar-refractivity contribution is 8.01. The van der Waals surface area contributed by atoms with Crippen molar-refractivity contribution in [2.24, 2.45) is 7.05 Å². The first kappa shape index (κ1) is 23.4. The molecule has 2 amide bonds. The lowest BCUT2D eigenvalue weighted by molar-refractivity contribution is -0.150. The molecule has 1 saturated heterocycles. The maximum absolute atomic E-state index is 12.9. The quantitative estimate of drug-likeness (QED) is 0.314. The van der Waals surface area contributed by atoms with Crippen LogP contribution in [-0.4, -0.2) is 75.5 Å². The van der Waals surface area contributed by atoms with E-state index in [9.17, 15) is 24.3 Å². The van der Waals surface area contributed by atoms with Crippen LogP contribution in [0.3, 0.4) is 0 Å². The Bertz CT molecular complexity index is 1460. The number of nitrogens with one attached hydrogen (secondary N) is 1. The average Bonchev–Trinajstić information content (AvgIpc) is 3.37. The average molecular weight is 538 g/mol. The summed E-state index contributed by atoms with van der Waals surface area (Å²) in [5.74, 6) is -2.45. The largest absolute Gasteiger partial charge is 0.477 e. The molecule has 2 aliphatic heterocycles. The van der Waals surface area contributed by atoms with Crippen LogP contribution in [0.1, 0.15) is 0 Å². The predicted molar refractivity (Wildman–Crippen MR) is 125 cm³/mol. The van der Waals surface area contributed by atoms with Crippen LogP contribution < -0.4 is 11.1 Å². The molecule has 182 valence electrons. The first-order chi connectivity index (χ1) is 16.7. The van der Waals surface area contributed by atoms with Crippen molar-refractivity contribution in [3.05, 3.63) is 45.0 Å². The van der Waals surface area contributed by atoms with Crippen molar-refractivity contribution < 1.29 is 23.9 Å². The van der Waals surface area contributed by atoms with E-state index in [1.165, 1.54) is 45.2 Å². The van der Waals surface area contributed by atoms with Gasteiger partial charge in [0.05, 0.1) is 5.52 Å². The summed E-state index contributed by atoms with van der Waals surface area (Å²) in [6.45, 7) is -0.386. The van der Waals surface area contributed by atoms with Gasteiger partial charge in [0.1, 0.15) is 23.7 Å². The Kier molecular flexibility index (Phi) is 6.06. The molecule has 0 bridgehead atoms. The van der Waals surface area contributed by atoms with Crippen molar-refractivity contribution in [1.82, 2.24) is 35.0 Å². The standard InChI is InChI=1S/C19H16ClN7O6S2/c1-25-18(22-23-24-25)35-7-8-6-34-16-13(15(29)27(16)14(8)17(30)31)21-12(28)5-26-10-4-9(20)2-3-11(10)33-19(26)32/h2-4,13,16H,5-7H2,1H3,(H,21,28)(H,30,31)/t13?,16-/m1/s1. The molecule has 0 radical (unpaired) electrons. The molecule has 1 unspecified atom stereocenters. The molecule has 16 heteroatoms. The number of hydrogen-bond acceptors (Lipinski definition) is 10. The number of rotatable bonds is 7. The van der Waals surface area contributed by atoms with Gasteiger partial charge < -0.3 is 14.8 Å². The lowest BCUT2D eigenvalue weighted by Gasteiger charge is -2.49. The molecule has 3 aromatic rings. The van der Waals surface area contributed by atoms with E-state index in [2.05, 4.69) is 20.8 Å². The third-order valence-electron chi connectivity index (χ3n) is 5.45. The Morgan fingerprint density at radius 3 is 2.89 bits per heavy atom. The van der Waals surface area contributed by atoms with E-state index >= 15 is 0 Å². The second kappa shape index (κ2) is 9.05. The summed E-state index contributed by atoms with van der Waals surface area (Å²) in [6.07, 6.45) is 0. The van der Waals surface area contributed by atoms with Gasteiger partial charge in [0.2, 0.25) is 11.1 Å². The smallest absolute Gasteiger partial charge is 0.420 e. The van der Waals surface area contributed by atoms with Gasteiger partial charge in [0.15, 0.2) is 5.58 Å². The number of carboxylic acids is 1. The Labute approximate surface area is 209 Å². The van der Waals surface area contributed by atoms with Crippen LogP contribution in [0, 0.1) is 0 Å². The molecule has 0 spiro atoms. The molecular weight excluding hydrogens is 522 g/mol. The first-order valence-electron chi connectivity index (χ1n) is 10.1. The number of amides is 2. The number of halogens is 1. The number of carbonyl (C=O) groups is 3. The summed E-state index contributed by atoms with van der Waals surface area (Å²) in [7, 11) is 1.67. The van der Waals surface area contributed by atoms with E-state index < -0.39 is 35.0 Å². The number of aliphatic carboxylic acids is 1. The van der Waals surface area contributed by atoms with E-state index in [4.69, 9.17) is 16.0 Å². The maximum Gasteiger partial charge on any atom is 0.420 e. The van der Waals surface area contributed by atoms with Crippen molar-refractivity contribution in [3.63, 3.8) is 0 Å². The van der Waals surface area contributed by atoms with Gasteiger partial charge in [-0.1, -0.05) is 23.4 Å². The molecule has 5 rings (SSSR count). The zero-order valence-electron chi connectivity index (χ0n) is 17.9. The van der Waals surface area contributed by atoms with Gasteiger partial charge in [-0.3, -0.25) is 19.1 Å². The van der Waals surface area contributed by atoms with Gasteiger partial charge in [0, 0.05) is 23.6 Å². The minimum atomic E-state index is -1.23. The summed E-state index contributed by atoms with van der Waals surface area (Å²) in [5, 5.41) is 23.8. The number of benzene rings is 1. The molecule has 0 aliphatic carbocycles. The third kappa shape index (κ3) is 4.19. The van der Waals surface area contributed by atoms with E-state index in [1.54, 1.807) is 13.1 Å². The highest BCUT2D eigenvalue weighted by Crippen LogP contribution is 2.41. The van der Waals surface area contributed by atoms with Gasteiger partial charge in [-0.25, -0.2) is 14.3 Å². The zero-order chi connectivity index (χ0) is 24.9. The first-order valence-corrected chi connectivity index (χ1v) is 12.5. The minimum Gasteiger partial charge on any atom is -0.477 e. The van der Waals surface area contributed by atoms with Crippen molar-refractivity contribution >= 4 is 64.0 Å². The van der Waals surface area contributed by atoms with Crippen LogP contribution in [-0.2, 0) is 28.0 Å². The zero-order valence-corrected chi connectivity index (χ0v) is 20.3. The van der Waals surface area contributed by atoms with E-state index in [-0.39, 0.29) is 23.6 Å². The number of thioether (sulfide) groups is 2. The Morgan fingerprint density at radius 2 is 2.17 bits per heavy atom. The van der Waals surface area contributed by atoms with E-state index in [1.807, 2.05) is 0 Å². The number of oxazole rings is 1. The molecule has 2 aliphatic rings. The fourth-order valence-corrected chi connectivity index (χ4v) is 6.34. The number of aromatic nitrogens is 5. The number of fused-ring (bicyclic) bond motifs is 2. The number of carboxylic acid groups (broad SMARTS) is 1. The molecule has 0 saturated carbocycles. The number of carbonyl (C=O) groups excluding carboxylic acids is 2. The van der Waals surface area contributed by atoms with Crippen molar-refractivity contribution in [3.8, 4) is 0 Å². The topological polar surface area (TPSA) is 165 Å². The molecule has 1 aromatic carbocycles. The predicted octanol–water partition coefficient (Wildman–Crippen LogP) is 0.302. The number of aryl methyl sites for hydroxylation is 1. The summed E-state index contributed by atoms with van der Waals surface area (Å²) in [4.78, 5) is 50.9. The maximum atomic E-state index is 12.9. The molecule has 4 heterocycles. The van der Waals surface area contributed by atoms with Crippen LogP contribution in [0.15, 0.2) is 43.8 Å². The highest BCUT2D eigenvalue weighted by atomic mass is 35.5. The Balaban J connectivity index is 1.30. The molecule has 13 nitrogen and oxygen atoms in total. The molecular formula is C19H16ClN7O6S2. The van der Waals surface area contributed by atoms with Crippen LogP contribution in [0.5, 0.6) is 0 Å². The monoisotopic (exact) mass is 537 g/mol. The summed E-state index contributed by atoms with van der Waals surface area (Å²) >= 11 is 8.59. The fraction of sp³-hybridized carbons (Fsp3) is 0.316. The van der Waals surface area contributed by atoms with Crippen LogP contribution in [0.4, 0.5) is 0 Å². The van der Waals surface area contributed by atoms with E-state index in [0.717, 1.165) is 4.57 Å².